The van der Waals surface area contributed by atoms with E-state index in [2.05, 4.69) is 5.16 Å². The van der Waals surface area contributed by atoms with Gasteiger partial charge in [-0.3, -0.25) is 4.79 Å². The first-order chi connectivity index (χ1) is 9.15. The second-order valence-corrected chi connectivity index (χ2v) is 5.61. The summed E-state index contributed by atoms with van der Waals surface area (Å²) in [7, 11) is 0. The summed E-state index contributed by atoms with van der Waals surface area (Å²) in [6.07, 6.45) is 5.92. The topological polar surface area (TPSA) is 99.2 Å². The molecule has 0 bridgehead atoms. The highest BCUT2D eigenvalue weighted by Crippen LogP contribution is 2.39. The molecule has 6 nitrogen and oxygen atoms in total. The lowest BCUT2D eigenvalue weighted by Gasteiger charge is -2.39. The first-order valence-electron chi connectivity index (χ1n) is 7.05. The lowest BCUT2D eigenvalue weighted by Crippen LogP contribution is -2.54. The third-order valence-corrected chi connectivity index (χ3v) is 4.56. The zero-order valence-corrected chi connectivity index (χ0v) is 11.2. The van der Waals surface area contributed by atoms with E-state index in [-0.39, 0.29) is 24.4 Å². The van der Waals surface area contributed by atoms with E-state index in [0.29, 0.717) is 19.4 Å². The molecule has 108 valence electrons. The van der Waals surface area contributed by atoms with Crippen LogP contribution >= 0.6 is 0 Å². The zero-order chi connectivity index (χ0) is 13.9. The van der Waals surface area contributed by atoms with Crippen molar-refractivity contribution in [2.24, 2.45) is 16.3 Å². The van der Waals surface area contributed by atoms with Crippen LogP contribution in [0.4, 0.5) is 0 Å². The molecule has 1 atom stereocenters. The maximum Gasteiger partial charge on any atom is 0.236 e. The van der Waals surface area contributed by atoms with Gasteiger partial charge in [0.25, 0.3) is 0 Å². The lowest BCUT2D eigenvalue weighted by molar-refractivity contribution is -0.141. The van der Waals surface area contributed by atoms with Crippen molar-refractivity contribution in [2.75, 3.05) is 13.2 Å². The number of nitrogens with zero attached hydrogens (tertiary/aromatic N) is 2. The van der Waals surface area contributed by atoms with Crippen molar-refractivity contribution < 1.29 is 15.1 Å². The quantitative estimate of drug-likeness (QED) is 0.303. The van der Waals surface area contributed by atoms with Crippen LogP contribution < -0.4 is 5.73 Å². The number of oxime groups is 1. The van der Waals surface area contributed by atoms with Crippen molar-refractivity contribution >= 4 is 11.7 Å². The van der Waals surface area contributed by atoms with E-state index in [0.717, 1.165) is 32.1 Å². The maximum absolute atomic E-state index is 12.8. The van der Waals surface area contributed by atoms with Crippen molar-refractivity contribution in [3.63, 3.8) is 0 Å². The molecule has 6 heteroatoms. The molecule has 2 fully saturated rings. The van der Waals surface area contributed by atoms with Crippen molar-refractivity contribution in [1.29, 1.82) is 0 Å². The minimum atomic E-state index is -0.856. The van der Waals surface area contributed by atoms with Crippen molar-refractivity contribution in [3.8, 4) is 0 Å². The highest BCUT2D eigenvalue weighted by Gasteiger charge is 2.48. The van der Waals surface area contributed by atoms with Crippen LogP contribution in [0.5, 0.6) is 0 Å². The van der Waals surface area contributed by atoms with Gasteiger partial charge in [-0.15, -0.1) is 0 Å². The Morgan fingerprint density at radius 1 is 1.32 bits per heavy atom. The minimum Gasteiger partial charge on any atom is -0.409 e. The van der Waals surface area contributed by atoms with E-state index in [4.69, 9.17) is 10.9 Å². The molecule has 1 saturated carbocycles. The van der Waals surface area contributed by atoms with Gasteiger partial charge in [0.05, 0.1) is 12.6 Å². The Hall–Kier alpha value is -1.30. The second-order valence-electron chi connectivity index (χ2n) is 5.61. The molecule has 1 saturated heterocycles. The van der Waals surface area contributed by atoms with Crippen molar-refractivity contribution in [1.82, 2.24) is 4.90 Å². The lowest BCUT2D eigenvalue weighted by atomic mass is 9.72. The van der Waals surface area contributed by atoms with Gasteiger partial charge in [0.15, 0.2) is 5.84 Å². The van der Waals surface area contributed by atoms with E-state index in [9.17, 15) is 9.90 Å². The number of carbonyl (C=O) groups excluding carboxylic acids is 1. The molecule has 2 aliphatic rings. The number of likely N-dealkylation sites (tertiary alicyclic amines) is 1. The van der Waals surface area contributed by atoms with Crippen LogP contribution in [-0.4, -0.2) is 46.1 Å². The summed E-state index contributed by atoms with van der Waals surface area (Å²) in [5.41, 5.74) is 4.97. The average Bonchev–Trinajstić information content (AvgIpc) is 2.94. The number of aliphatic hydroxyl groups is 1. The number of amides is 1. The summed E-state index contributed by atoms with van der Waals surface area (Å²) in [5.74, 6) is -0.0418. The number of rotatable bonds is 3. The van der Waals surface area contributed by atoms with Crippen LogP contribution in [0.2, 0.25) is 0 Å². The van der Waals surface area contributed by atoms with Gasteiger partial charge in [0, 0.05) is 6.54 Å². The van der Waals surface area contributed by atoms with Crippen LogP contribution in [0.15, 0.2) is 5.16 Å². The summed E-state index contributed by atoms with van der Waals surface area (Å²) in [6.45, 7) is 0.641. The van der Waals surface area contributed by atoms with Crippen LogP contribution in [0.3, 0.4) is 0 Å². The summed E-state index contributed by atoms with van der Waals surface area (Å²) >= 11 is 0. The van der Waals surface area contributed by atoms with E-state index >= 15 is 0 Å². The Balaban J connectivity index is 2.25. The molecule has 0 radical (unpaired) electrons. The van der Waals surface area contributed by atoms with Gasteiger partial charge < -0.3 is 20.9 Å². The summed E-state index contributed by atoms with van der Waals surface area (Å²) < 4.78 is 0. The number of aliphatic hydroxyl groups excluding tert-OH is 1. The van der Waals surface area contributed by atoms with Gasteiger partial charge in [0.2, 0.25) is 5.91 Å². The molecule has 1 unspecified atom stereocenters. The Kier molecular flexibility index (Phi) is 4.29. The van der Waals surface area contributed by atoms with E-state index < -0.39 is 5.41 Å². The highest BCUT2D eigenvalue weighted by molar-refractivity contribution is 6.07. The fourth-order valence-electron chi connectivity index (χ4n) is 3.40. The maximum atomic E-state index is 12.8. The number of amidine groups is 1. The molecule has 1 amide bonds. The first-order valence-corrected chi connectivity index (χ1v) is 7.05. The molecular formula is C13H23N3O3. The Morgan fingerprint density at radius 3 is 2.58 bits per heavy atom. The third-order valence-electron chi connectivity index (χ3n) is 4.56. The molecule has 1 aliphatic heterocycles. The molecule has 1 heterocycles. The van der Waals surface area contributed by atoms with Gasteiger partial charge in [0.1, 0.15) is 5.41 Å². The fraction of sp³-hybridized carbons (Fsp3) is 0.846. The van der Waals surface area contributed by atoms with E-state index in [1.54, 1.807) is 4.90 Å². The van der Waals surface area contributed by atoms with Crippen LogP contribution in [0.25, 0.3) is 0 Å². The van der Waals surface area contributed by atoms with E-state index in [1.807, 2.05) is 0 Å². The van der Waals surface area contributed by atoms with Gasteiger partial charge in [-0.2, -0.15) is 0 Å². The number of nitrogens with two attached hydrogens (primary N) is 1. The van der Waals surface area contributed by atoms with E-state index in [1.165, 1.54) is 0 Å². The monoisotopic (exact) mass is 269 g/mol. The summed E-state index contributed by atoms with van der Waals surface area (Å²) in [6, 6.07) is -0.113. The van der Waals surface area contributed by atoms with Crippen molar-refractivity contribution in [3.05, 3.63) is 0 Å². The molecule has 0 spiro atoms. The second kappa shape index (κ2) is 5.77. The zero-order valence-electron chi connectivity index (χ0n) is 11.2. The van der Waals surface area contributed by atoms with Gasteiger partial charge in [-0.25, -0.2) is 0 Å². The largest absolute Gasteiger partial charge is 0.409 e. The average molecular weight is 269 g/mol. The number of hydrogen-bond donors (Lipinski definition) is 3. The SMILES string of the molecule is NC(=NO)C1(C(=O)N2CCCC2CO)CCCCC1. The summed E-state index contributed by atoms with van der Waals surface area (Å²) in [5, 5.41) is 21.5. The molecular weight excluding hydrogens is 246 g/mol. The van der Waals surface area contributed by atoms with Crippen molar-refractivity contribution in [2.45, 2.75) is 51.0 Å². The van der Waals surface area contributed by atoms with Gasteiger partial charge in [-0.05, 0) is 25.7 Å². The summed E-state index contributed by atoms with van der Waals surface area (Å²) in [4.78, 5) is 14.6. The molecule has 19 heavy (non-hydrogen) atoms. The Bertz CT molecular complexity index is 364. The van der Waals surface area contributed by atoms with Crippen LogP contribution in [-0.2, 0) is 4.79 Å². The number of hydrogen-bond acceptors (Lipinski definition) is 4. The standard InChI is InChI=1S/C13H23N3O3/c14-11(15-19)13(6-2-1-3-7-13)12(18)16-8-4-5-10(16)9-17/h10,17,19H,1-9H2,(H2,14,15). The third kappa shape index (κ3) is 2.41. The molecule has 0 aromatic heterocycles. The molecule has 0 aromatic carbocycles. The smallest absolute Gasteiger partial charge is 0.236 e. The predicted molar refractivity (Wildman–Crippen MR) is 70.7 cm³/mol. The molecule has 2 rings (SSSR count). The molecule has 0 aromatic rings. The normalized spacial score (nSPS) is 27.5. The fourth-order valence-corrected chi connectivity index (χ4v) is 3.40. The molecule has 4 N–H and O–H groups in total. The Labute approximate surface area is 113 Å². The highest BCUT2D eigenvalue weighted by atomic mass is 16.4. The predicted octanol–water partition coefficient (Wildman–Crippen LogP) is 0.667. The Morgan fingerprint density at radius 2 is 2.00 bits per heavy atom. The first kappa shape index (κ1) is 14.1. The van der Waals surface area contributed by atoms with Crippen LogP contribution in [0, 0.1) is 5.41 Å². The molecule has 1 aliphatic carbocycles. The minimum absolute atomic E-state index is 0.0159. The van der Waals surface area contributed by atoms with Crippen LogP contribution in [0.1, 0.15) is 44.9 Å². The number of carbonyl (C=O) groups is 1. The van der Waals surface area contributed by atoms with Gasteiger partial charge in [-0.1, -0.05) is 24.4 Å². The van der Waals surface area contributed by atoms with Gasteiger partial charge >= 0.3 is 0 Å².